The smallest absolute Gasteiger partial charge is 0.322 e. The van der Waals surface area contributed by atoms with Crippen molar-refractivity contribution in [1.29, 1.82) is 0 Å². The van der Waals surface area contributed by atoms with Gasteiger partial charge in [-0.05, 0) is 29.8 Å². The summed E-state index contributed by atoms with van der Waals surface area (Å²) in [4.78, 5) is 44.0. The Bertz CT molecular complexity index is 1560. The molecule has 172 valence electrons. The van der Waals surface area contributed by atoms with Gasteiger partial charge in [0.2, 0.25) is 0 Å². The van der Waals surface area contributed by atoms with E-state index in [9.17, 15) is 18.8 Å². The maximum Gasteiger partial charge on any atom is 0.322 e. The highest BCUT2D eigenvalue weighted by Crippen LogP contribution is 2.38. The van der Waals surface area contributed by atoms with Crippen molar-refractivity contribution in [3.63, 3.8) is 0 Å². The Balaban J connectivity index is 1.45. The number of methoxy groups -OCH3 is 1. The topological polar surface area (TPSA) is 140 Å². The fraction of sp³-hybridized carbons (Fsp3) is 0.182. The lowest BCUT2D eigenvalue weighted by molar-refractivity contribution is -0.125. The lowest BCUT2D eigenvalue weighted by atomic mass is 9.95. The van der Waals surface area contributed by atoms with E-state index < -0.39 is 29.2 Å². The molecule has 10 nitrogen and oxygen atoms in total. The molecule has 2 aliphatic rings. The molecule has 1 saturated heterocycles. The van der Waals surface area contributed by atoms with E-state index in [1.54, 1.807) is 24.3 Å². The van der Waals surface area contributed by atoms with Gasteiger partial charge in [0.15, 0.2) is 22.2 Å². The maximum absolute atomic E-state index is 14.8. The van der Waals surface area contributed by atoms with E-state index in [-0.39, 0.29) is 30.2 Å². The standard InChI is InChI=1S/C22H16FN5O5S/c1-32-12-3-2-9-7-28(18(29)15(9)16(12)23)8-22(19(30)26-21(31)27-22)14-6-10-11(33-14)4-5-13-17(10)25-20(24)34-13/h2-6H,7-8H2,1H3,(H2,24,25)(H2,26,27,30,31)/t22-/m0/s1. The molecular weight excluding hydrogens is 465 g/mol. The summed E-state index contributed by atoms with van der Waals surface area (Å²) < 4.78 is 26.6. The maximum atomic E-state index is 14.8. The first-order valence-electron chi connectivity index (χ1n) is 10.2. The van der Waals surface area contributed by atoms with Crippen molar-refractivity contribution < 1.29 is 27.9 Å². The van der Waals surface area contributed by atoms with Crippen LogP contribution in [0.4, 0.5) is 14.3 Å². The number of nitrogens with zero attached hydrogens (tertiary/aromatic N) is 2. The van der Waals surface area contributed by atoms with Crippen LogP contribution in [-0.2, 0) is 16.9 Å². The van der Waals surface area contributed by atoms with Crippen LogP contribution < -0.4 is 21.1 Å². The van der Waals surface area contributed by atoms with E-state index in [0.717, 1.165) is 4.70 Å². The molecule has 1 fully saturated rings. The first-order valence-corrected chi connectivity index (χ1v) is 11.0. The zero-order valence-corrected chi connectivity index (χ0v) is 18.4. The Hall–Kier alpha value is -4.19. The minimum atomic E-state index is -1.72. The summed E-state index contributed by atoms with van der Waals surface area (Å²) in [6.45, 7) is -0.227. The highest BCUT2D eigenvalue weighted by Gasteiger charge is 2.53. The molecule has 6 rings (SSSR count). The average Bonchev–Trinajstić information content (AvgIpc) is 3.53. The van der Waals surface area contributed by atoms with E-state index in [1.807, 2.05) is 0 Å². The predicted octanol–water partition coefficient (Wildman–Crippen LogP) is 2.46. The number of nitrogen functional groups attached to an aromatic ring is 1. The second-order valence-corrected chi connectivity index (χ2v) is 9.14. The normalized spacial score (nSPS) is 19.7. The number of carbonyl (C=O) groups is 3. The van der Waals surface area contributed by atoms with Crippen LogP contribution in [0.5, 0.6) is 5.75 Å². The van der Waals surface area contributed by atoms with Gasteiger partial charge >= 0.3 is 6.03 Å². The largest absolute Gasteiger partial charge is 0.494 e. The first kappa shape index (κ1) is 20.4. The molecule has 1 atom stereocenters. The van der Waals surface area contributed by atoms with Crippen molar-refractivity contribution >= 4 is 55.5 Å². The number of fused-ring (bicyclic) bond motifs is 4. The molecular formula is C22H16FN5O5S. The number of aromatic nitrogens is 1. The molecule has 4 heterocycles. The molecule has 2 aliphatic heterocycles. The number of hydrogen-bond acceptors (Lipinski definition) is 8. The second-order valence-electron chi connectivity index (χ2n) is 8.08. The van der Waals surface area contributed by atoms with Gasteiger partial charge in [-0.3, -0.25) is 14.9 Å². The van der Waals surface area contributed by atoms with Gasteiger partial charge in [-0.15, -0.1) is 0 Å². The monoisotopic (exact) mass is 481 g/mol. The molecule has 0 bridgehead atoms. The minimum Gasteiger partial charge on any atom is -0.494 e. The molecule has 4 amide bonds. The Morgan fingerprint density at radius 3 is 2.85 bits per heavy atom. The van der Waals surface area contributed by atoms with Gasteiger partial charge in [0.1, 0.15) is 11.3 Å². The SMILES string of the molecule is COc1ccc2c(c1F)C(=O)N(C[C@@]1(c3cc4c(ccc5sc(N)nc54)o3)NC(=O)NC1=O)C2. The number of hydrogen-bond donors (Lipinski definition) is 3. The van der Waals surface area contributed by atoms with E-state index in [1.165, 1.54) is 29.4 Å². The number of nitrogens with one attached hydrogen (secondary N) is 2. The van der Waals surface area contributed by atoms with Crippen molar-refractivity contribution in [3.05, 3.63) is 53.0 Å². The van der Waals surface area contributed by atoms with Crippen LogP contribution in [0, 0.1) is 5.82 Å². The lowest BCUT2D eigenvalue weighted by Crippen LogP contribution is -2.52. The summed E-state index contributed by atoms with van der Waals surface area (Å²) in [5, 5.41) is 5.82. The van der Waals surface area contributed by atoms with E-state index in [2.05, 4.69) is 15.6 Å². The van der Waals surface area contributed by atoms with Crippen molar-refractivity contribution in [2.75, 3.05) is 19.4 Å². The Morgan fingerprint density at radius 1 is 1.29 bits per heavy atom. The third-order valence-electron chi connectivity index (χ3n) is 6.14. The molecule has 0 saturated carbocycles. The number of anilines is 1. The number of benzene rings is 2. The number of thiazole rings is 1. The van der Waals surface area contributed by atoms with Crippen molar-refractivity contribution in [3.8, 4) is 5.75 Å². The van der Waals surface area contributed by atoms with Crippen molar-refractivity contribution in [2.24, 2.45) is 0 Å². The van der Waals surface area contributed by atoms with Gasteiger partial charge < -0.3 is 25.1 Å². The molecule has 2 aromatic heterocycles. The second kappa shape index (κ2) is 6.90. The molecule has 2 aromatic carbocycles. The number of rotatable bonds is 4. The highest BCUT2D eigenvalue weighted by atomic mass is 32.1. The molecule has 0 spiro atoms. The van der Waals surface area contributed by atoms with Crippen LogP contribution >= 0.6 is 11.3 Å². The molecule has 0 unspecified atom stereocenters. The van der Waals surface area contributed by atoms with Gasteiger partial charge in [-0.25, -0.2) is 14.2 Å². The van der Waals surface area contributed by atoms with Crippen molar-refractivity contribution in [2.45, 2.75) is 12.1 Å². The molecule has 4 N–H and O–H groups in total. The van der Waals surface area contributed by atoms with Gasteiger partial charge in [0.25, 0.3) is 11.8 Å². The van der Waals surface area contributed by atoms with Crippen LogP contribution in [0.3, 0.4) is 0 Å². The number of amides is 4. The number of imide groups is 1. The number of furan rings is 1. The summed E-state index contributed by atoms with van der Waals surface area (Å²) >= 11 is 1.31. The number of halogens is 1. The number of urea groups is 1. The molecule has 12 heteroatoms. The zero-order valence-electron chi connectivity index (χ0n) is 17.6. The van der Waals surface area contributed by atoms with E-state index >= 15 is 0 Å². The first-order chi connectivity index (χ1) is 16.3. The summed E-state index contributed by atoms with van der Waals surface area (Å²) in [6, 6.07) is 7.44. The minimum absolute atomic E-state index is 0.0487. The number of nitrogens with two attached hydrogens (primary N) is 1. The molecule has 0 radical (unpaired) electrons. The Kier molecular flexibility index (Phi) is 4.15. The zero-order chi connectivity index (χ0) is 23.8. The molecule has 34 heavy (non-hydrogen) atoms. The predicted molar refractivity (Wildman–Crippen MR) is 120 cm³/mol. The van der Waals surface area contributed by atoms with Crippen LogP contribution in [0.1, 0.15) is 21.7 Å². The lowest BCUT2D eigenvalue weighted by Gasteiger charge is -2.29. The summed E-state index contributed by atoms with van der Waals surface area (Å²) in [5.74, 6) is -2.02. The fourth-order valence-corrected chi connectivity index (χ4v) is 5.30. The Morgan fingerprint density at radius 2 is 2.12 bits per heavy atom. The van der Waals surface area contributed by atoms with Gasteiger partial charge in [0.05, 0.1) is 29.4 Å². The molecule has 0 aliphatic carbocycles. The van der Waals surface area contributed by atoms with Crippen LogP contribution in [0.2, 0.25) is 0 Å². The van der Waals surface area contributed by atoms with E-state index in [0.29, 0.717) is 27.2 Å². The van der Waals surface area contributed by atoms with Gasteiger partial charge in [-0.2, -0.15) is 0 Å². The highest BCUT2D eigenvalue weighted by molar-refractivity contribution is 7.22. The Labute approximate surface area is 194 Å². The van der Waals surface area contributed by atoms with Crippen LogP contribution in [0.25, 0.3) is 21.2 Å². The van der Waals surface area contributed by atoms with Crippen LogP contribution in [-0.4, -0.2) is 41.4 Å². The van der Waals surface area contributed by atoms with E-state index in [4.69, 9.17) is 14.9 Å². The summed E-state index contributed by atoms with van der Waals surface area (Å²) in [6.07, 6.45) is 0. The third-order valence-corrected chi connectivity index (χ3v) is 6.99. The number of ether oxygens (including phenoxy) is 1. The number of carbonyl (C=O) groups excluding carboxylic acids is 3. The van der Waals surface area contributed by atoms with Gasteiger partial charge in [0, 0.05) is 11.9 Å². The van der Waals surface area contributed by atoms with Gasteiger partial charge in [-0.1, -0.05) is 17.4 Å². The quantitative estimate of drug-likeness (QED) is 0.381. The third kappa shape index (κ3) is 2.71. The average molecular weight is 481 g/mol. The fourth-order valence-electron chi connectivity index (χ4n) is 4.55. The summed E-state index contributed by atoms with van der Waals surface area (Å²) in [5.41, 5.74) is 5.50. The van der Waals surface area contributed by atoms with Crippen molar-refractivity contribution in [1.82, 2.24) is 20.5 Å². The van der Waals surface area contributed by atoms with Crippen LogP contribution in [0.15, 0.2) is 34.7 Å². The molecule has 4 aromatic rings. The summed E-state index contributed by atoms with van der Waals surface area (Å²) in [7, 11) is 1.31.